The predicted molar refractivity (Wildman–Crippen MR) is 79.0 cm³/mol. The molecule has 0 saturated heterocycles. The van der Waals surface area contributed by atoms with Gasteiger partial charge < -0.3 is 15.0 Å². The molecule has 4 nitrogen and oxygen atoms in total. The zero-order valence-electron chi connectivity index (χ0n) is 11.3. The van der Waals surface area contributed by atoms with Gasteiger partial charge in [0.2, 0.25) is 0 Å². The smallest absolute Gasteiger partial charge is 0.268 e. The molecule has 0 spiro atoms. The molecule has 0 bridgehead atoms. The molecule has 0 saturated carbocycles. The summed E-state index contributed by atoms with van der Waals surface area (Å²) in [5, 5.41) is 12.6. The average molecular weight is 293 g/mol. The topological polar surface area (TPSA) is 54.3 Å². The Labute approximate surface area is 123 Å². The number of aryl methyl sites for hydroxylation is 1. The van der Waals surface area contributed by atoms with Gasteiger partial charge in [0.1, 0.15) is 11.4 Å². The summed E-state index contributed by atoms with van der Waals surface area (Å²) in [6.45, 7) is 3.22. The van der Waals surface area contributed by atoms with Crippen molar-refractivity contribution in [2.45, 2.75) is 26.4 Å². The Kier molecular flexibility index (Phi) is 4.69. The first-order valence-electron chi connectivity index (χ1n) is 6.52. The molecular weight excluding hydrogens is 276 g/mol. The molecule has 0 aliphatic rings. The van der Waals surface area contributed by atoms with E-state index in [9.17, 15) is 9.90 Å². The van der Waals surface area contributed by atoms with Crippen LogP contribution in [0.15, 0.2) is 36.5 Å². The Morgan fingerprint density at radius 3 is 2.70 bits per heavy atom. The highest BCUT2D eigenvalue weighted by molar-refractivity contribution is 6.31. The first kappa shape index (κ1) is 14.5. The number of amides is 1. The lowest BCUT2D eigenvalue weighted by Gasteiger charge is -2.08. The van der Waals surface area contributed by atoms with Gasteiger partial charge in [-0.25, -0.2) is 0 Å². The first-order chi connectivity index (χ1) is 9.60. The summed E-state index contributed by atoms with van der Waals surface area (Å²) in [5.74, 6) is 0.0575. The van der Waals surface area contributed by atoms with Crippen molar-refractivity contribution in [3.63, 3.8) is 0 Å². The maximum atomic E-state index is 12.2. The van der Waals surface area contributed by atoms with E-state index < -0.39 is 0 Å². The summed E-state index contributed by atoms with van der Waals surface area (Å²) >= 11 is 5.95. The Hall–Kier alpha value is -1.94. The monoisotopic (exact) mass is 292 g/mol. The maximum Gasteiger partial charge on any atom is 0.268 e. The molecule has 0 aliphatic carbocycles. The van der Waals surface area contributed by atoms with Crippen molar-refractivity contribution >= 4 is 17.5 Å². The Morgan fingerprint density at radius 2 is 2.05 bits per heavy atom. The minimum absolute atomic E-state index is 0.154. The van der Waals surface area contributed by atoms with Crippen LogP contribution in [0.4, 0.5) is 0 Å². The molecule has 2 N–H and O–H groups in total. The molecule has 0 radical (unpaired) electrons. The summed E-state index contributed by atoms with van der Waals surface area (Å²) in [7, 11) is 0. The molecule has 1 aromatic heterocycles. The number of hydrogen-bond acceptors (Lipinski definition) is 2. The lowest BCUT2D eigenvalue weighted by molar-refractivity contribution is 0.0941. The van der Waals surface area contributed by atoms with E-state index in [0.717, 1.165) is 18.5 Å². The Morgan fingerprint density at radius 1 is 1.35 bits per heavy atom. The molecule has 1 aromatic carbocycles. The number of hydrogen-bond donors (Lipinski definition) is 2. The van der Waals surface area contributed by atoms with E-state index in [2.05, 4.69) is 5.32 Å². The van der Waals surface area contributed by atoms with E-state index in [1.165, 1.54) is 0 Å². The summed E-state index contributed by atoms with van der Waals surface area (Å²) in [4.78, 5) is 12.2. The number of carbonyl (C=O) groups is 1. The van der Waals surface area contributed by atoms with Crippen LogP contribution in [0.2, 0.25) is 5.02 Å². The Balaban J connectivity index is 2.03. The molecule has 2 aromatic rings. The minimum atomic E-state index is -0.154. The zero-order valence-corrected chi connectivity index (χ0v) is 12.0. The molecular formula is C15H17ClN2O2. The van der Waals surface area contributed by atoms with E-state index in [-0.39, 0.29) is 11.7 Å². The van der Waals surface area contributed by atoms with Crippen molar-refractivity contribution in [2.24, 2.45) is 0 Å². The highest BCUT2D eigenvalue weighted by Crippen LogP contribution is 2.15. The van der Waals surface area contributed by atoms with E-state index >= 15 is 0 Å². The fraction of sp³-hybridized carbons (Fsp3) is 0.267. The normalized spacial score (nSPS) is 10.5. The van der Waals surface area contributed by atoms with Crippen LogP contribution in [0.1, 0.15) is 29.4 Å². The third kappa shape index (κ3) is 3.54. The molecule has 1 amide bonds. The fourth-order valence-corrected chi connectivity index (χ4v) is 2.20. The number of phenolic OH excluding ortho intramolecular Hbond substituents is 1. The largest absolute Gasteiger partial charge is 0.508 e. The van der Waals surface area contributed by atoms with Crippen molar-refractivity contribution in [3.8, 4) is 5.75 Å². The van der Waals surface area contributed by atoms with Gasteiger partial charge in [0.05, 0.1) is 5.02 Å². The molecule has 0 atom stereocenters. The summed E-state index contributed by atoms with van der Waals surface area (Å²) in [5.41, 5.74) is 1.49. The van der Waals surface area contributed by atoms with Crippen molar-refractivity contribution in [1.82, 2.24) is 9.88 Å². The van der Waals surface area contributed by atoms with Gasteiger partial charge in [0, 0.05) is 19.3 Å². The summed E-state index contributed by atoms with van der Waals surface area (Å²) < 4.78 is 1.86. The first-order valence-corrected chi connectivity index (χ1v) is 6.89. The number of nitrogens with one attached hydrogen (secondary N) is 1. The third-order valence-electron chi connectivity index (χ3n) is 2.95. The van der Waals surface area contributed by atoms with Crippen molar-refractivity contribution < 1.29 is 9.90 Å². The minimum Gasteiger partial charge on any atom is -0.508 e. The fourth-order valence-electron chi connectivity index (χ4n) is 1.98. The second-order valence-electron chi connectivity index (χ2n) is 4.59. The molecule has 20 heavy (non-hydrogen) atoms. The molecule has 106 valence electrons. The van der Waals surface area contributed by atoms with Crippen molar-refractivity contribution in [3.05, 3.63) is 52.8 Å². The van der Waals surface area contributed by atoms with Crippen LogP contribution in [0, 0.1) is 0 Å². The number of aromatic nitrogens is 1. The van der Waals surface area contributed by atoms with Crippen LogP contribution in [-0.2, 0) is 13.1 Å². The summed E-state index contributed by atoms with van der Waals surface area (Å²) in [6.07, 6.45) is 2.70. The van der Waals surface area contributed by atoms with Crippen molar-refractivity contribution in [1.29, 1.82) is 0 Å². The molecule has 2 rings (SSSR count). The van der Waals surface area contributed by atoms with Gasteiger partial charge in [-0.1, -0.05) is 30.7 Å². The standard InChI is InChI=1S/C15H17ClN2O2/c1-2-7-18-10-12(16)8-14(18)15(20)17-9-11-3-5-13(19)6-4-11/h3-6,8,10,19H,2,7,9H2,1H3,(H,17,20). The lowest BCUT2D eigenvalue weighted by atomic mass is 10.2. The van der Waals surface area contributed by atoms with Crippen LogP contribution in [0.25, 0.3) is 0 Å². The molecule has 0 fully saturated rings. The van der Waals surface area contributed by atoms with Gasteiger partial charge in [-0.2, -0.15) is 0 Å². The number of rotatable bonds is 5. The highest BCUT2D eigenvalue weighted by Gasteiger charge is 2.12. The van der Waals surface area contributed by atoms with Gasteiger partial charge >= 0.3 is 0 Å². The molecule has 0 unspecified atom stereocenters. The van der Waals surface area contributed by atoms with Crippen LogP contribution in [0.5, 0.6) is 5.75 Å². The van der Waals surface area contributed by atoms with Gasteiger partial charge in [0.15, 0.2) is 0 Å². The zero-order chi connectivity index (χ0) is 14.5. The predicted octanol–water partition coefficient (Wildman–Crippen LogP) is 3.19. The number of nitrogens with zero attached hydrogens (tertiary/aromatic N) is 1. The van der Waals surface area contributed by atoms with Gasteiger partial charge in [-0.15, -0.1) is 0 Å². The van der Waals surface area contributed by atoms with Crippen LogP contribution >= 0.6 is 11.6 Å². The van der Waals surface area contributed by atoms with Crippen LogP contribution in [0.3, 0.4) is 0 Å². The van der Waals surface area contributed by atoms with Crippen molar-refractivity contribution in [2.75, 3.05) is 0 Å². The number of aromatic hydroxyl groups is 1. The molecule has 0 aliphatic heterocycles. The maximum absolute atomic E-state index is 12.2. The van der Waals surface area contributed by atoms with Crippen LogP contribution < -0.4 is 5.32 Å². The third-order valence-corrected chi connectivity index (χ3v) is 3.16. The van der Waals surface area contributed by atoms with Crippen LogP contribution in [-0.4, -0.2) is 15.6 Å². The van der Waals surface area contributed by atoms with Gasteiger partial charge in [0.25, 0.3) is 5.91 Å². The lowest BCUT2D eigenvalue weighted by Crippen LogP contribution is -2.25. The average Bonchev–Trinajstić information content (AvgIpc) is 2.79. The number of carbonyl (C=O) groups excluding carboxylic acids is 1. The molecule has 1 heterocycles. The van der Waals surface area contributed by atoms with Gasteiger partial charge in [-0.3, -0.25) is 4.79 Å². The second kappa shape index (κ2) is 6.48. The SMILES string of the molecule is CCCn1cc(Cl)cc1C(=O)NCc1ccc(O)cc1. The second-order valence-corrected chi connectivity index (χ2v) is 5.02. The number of phenols is 1. The number of benzene rings is 1. The van der Waals surface area contributed by atoms with E-state index in [1.807, 2.05) is 11.5 Å². The summed E-state index contributed by atoms with van der Waals surface area (Å²) in [6, 6.07) is 8.40. The van der Waals surface area contributed by atoms with Gasteiger partial charge in [-0.05, 0) is 30.2 Å². The molecule has 5 heteroatoms. The highest BCUT2D eigenvalue weighted by atomic mass is 35.5. The van der Waals surface area contributed by atoms with E-state index in [4.69, 9.17) is 11.6 Å². The Bertz CT molecular complexity index is 590. The quantitative estimate of drug-likeness (QED) is 0.889. The number of halogens is 1. The van der Waals surface area contributed by atoms with E-state index in [0.29, 0.717) is 17.3 Å². The van der Waals surface area contributed by atoms with E-state index in [1.54, 1.807) is 36.5 Å².